The quantitative estimate of drug-likeness (QED) is 0.325. The fourth-order valence-corrected chi connectivity index (χ4v) is 8.62. The summed E-state index contributed by atoms with van der Waals surface area (Å²) in [5.74, 6) is -0.688. The van der Waals surface area contributed by atoms with Crippen molar-refractivity contribution in [3.05, 3.63) is 23.3 Å². The molecule has 7 nitrogen and oxygen atoms in total. The number of fused-ring (bicyclic) bond motifs is 5. The summed E-state index contributed by atoms with van der Waals surface area (Å²) in [6.07, 6.45) is 7.53. The maximum Gasteiger partial charge on any atom is 0.306 e. The number of aliphatic hydroxyl groups is 2. The molecule has 1 unspecified atom stereocenters. The first-order chi connectivity index (χ1) is 17.9. The molecular formula is C31H47NO6. The highest BCUT2D eigenvalue weighted by Crippen LogP contribution is 2.68. The number of unbranched alkanes of at least 4 members (excludes halogenated alkanes) is 1. The van der Waals surface area contributed by atoms with Crippen LogP contribution in [0.3, 0.4) is 0 Å². The number of esters is 1. The van der Waals surface area contributed by atoms with Crippen LogP contribution in [0.25, 0.3) is 0 Å². The number of Topliss-reactive ketones (excluding diaryl/α,β-unsaturated/α-hetero) is 1. The van der Waals surface area contributed by atoms with Gasteiger partial charge in [0, 0.05) is 23.2 Å². The van der Waals surface area contributed by atoms with Gasteiger partial charge in [-0.15, -0.1) is 0 Å². The molecule has 4 rings (SSSR count). The molecule has 38 heavy (non-hydrogen) atoms. The fourth-order valence-electron chi connectivity index (χ4n) is 8.62. The van der Waals surface area contributed by atoms with Crippen molar-refractivity contribution in [2.24, 2.45) is 28.6 Å². The van der Waals surface area contributed by atoms with Gasteiger partial charge in [0.15, 0.2) is 12.4 Å². The second kappa shape index (κ2) is 11.0. The molecule has 0 saturated heterocycles. The number of nitrogens with zero attached hydrogens (tertiary/aromatic N) is 1. The van der Waals surface area contributed by atoms with E-state index in [1.54, 1.807) is 12.2 Å². The van der Waals surface area contributed by atoms with E-state index in [-0.39, 0.29) is 35.4 Å². The third kappa shape index (κ3) is 4.73. The molecule has 0 aromatic rings. The summed E-state index contributed by atoms with van der Waals surface area (Å²) in [4.78, 5) is 40.3. The van der Waals surface area contributed by atoms with Crippen LogP contribution in [-0.2, 0) is 19.1 Å². The normalized spacial score (nSPS) is 38.2. The van der Waals surface area contributed by atoms with E-state index in [1.807, 2.05) is 13.8 Å². The molecule has 2 N–H and O–H groups in total. The van der Waals surface area contributed by atoms with Gasteiger partial charge in [-0.3, -0.25) is 14.4 Å². The molecule has 4 aliphatic rings. The number of carbonyl (C=O) groups is 3. The first-order valence-corrected chi connectivity index (χ1v) is 14.7. The van der Waals surface area contributed by atoms with Gasteiger partial charge in [0.2, 0.25) is 5.78 Å². The Morgan fingerprint density at radius 3 is 2.53 bits per heavy atom. The minimum atomic E-state index is -1.63. The lowest BCUT2D eigenvalue weighted by Gasteiger charge is -2.60. The van der Waals surface area contributed by atoms with Crippen LogP contribution in [-0.4, -0.2) is 70.6 Å². The third-order valence-corrected chi connectivity index (χ3v) is 11.0. The Morgan fingerprint density at radius 1 is 1.13 bits per heavy atom. The summed E-state index contributed by atoms with van der Waals surface area (Å²) in [6.45, 7) is 12.8. The Balaban J connectivity index is 1.42. The molecule has 0 bridgehead atoms. The topological polar surface area (TPSA) is 104 Å². The lowest BCUT2D eigenvalue weighted by atomic mass is 9.45. The Hall–Kier alpha value is -1.83. The second-order valence-corrected chi connectivity index (χ2v) is 12.6. The van der Waals surface area contributed by atoms with E-state index in [2.05, 4.69) is 25.7 Å². The lowest BCUT2D eigenvalue weighted by Crippen LogP contribution is -2.62. The molecule has 0 radical (unpaired) electrons. The number of hydrogen-bond donors (Lipinski definition) is 2. The highest BCUT2D eigenvalue weighted by atomic mass is 16.5. The molecule has 212 valence electrons. The zero-order valence-electron chi connectivity index (χ0n) is 23.9. The van der Waals surface area contributed by atoms with Crippen molar-refractivity contribution in [1.29, 1.82) is 0 Å². The Kier molecular flexibility index (Phi) is 8.42. The predicted octanol–water partition coefficient (Wildman–Crippen LogP) is 4.01. The number of ketones is 2. The molecule has 0 spiro atoms. The maximum absolute atomic E-state index is 13.4. The van der Waals surface area contributed by atoms with Gasteiger partial charge in [0.25, 0.3) is 0 Å². The molecule has 4 aliphatic carbocycles. The smallest absolute Gasteiger partial charge is 0.306 e. The van der Waals surface area contributed by atoms with Crippen molar-refractivity contribution < 1.29 is 29.3 Å². The minimum absolute atomic E-state index is 0.0165. The first kappa shape index (κ1) is 29.2. The van der Waals surface area contributed by atoms with E-state index >= 15 is 0 Å². The van der Waals surface area contributed by atoms with Gasteiger partial charge in [-0.25, -0.2) is 0 Å². The van der Waals surface area contributed by atoms with Gasteiger partial charge in [-0.05, 0) is 95.5 Å². The van der Waals surface area contributed by atoms with Crippen molar-refractivity contribution in [1.82, 2.24) is 4.90 Å². The number of ether oxygens (including phenoxy) is 1. The number of carbonyl (C=O) groups excluding carboxylic acids is 3. The molecule has 0 amide bonds. The van der Waals surface area contributed by atoms with E-state index < -0.39 is 35.5 Å². The first-order valence-electron chi connectivity index (χ1n) is 14.7. The van der Waals surface area contributed by atoms with Crippen LogP contribution in [0.5, 0.6) is 0 Å². The minimum Gasteiger partial charge on any atom is -0.458 e. The van der Waals surface area contributed by atoms with Crippen LogP contribution in [0.4, 0.5) is 0 Å². The van der Waals surface area contributed by atoms with E-state index in [4.69, 9.17) is 4.74 Å². The van der Waals surface area contributed by atoms with Crippen LogP contribution < -0.4 is 0 Å². The van der Waals surface area contributed by atoms with E-state index in [1.165, 1.54) is 0 Å². The van der Waals surface area contributed by atoms with Crippen molar-refractivity contribution in [2.45, 2.75) is 97.7 Å². The van der Waals surface area contributed by atoms with E-state index in [0.29, 0.717) is 25.7 Å². The molecular weight excluding hydrogens is 482 g/mol. The van der Waals surface area contributed by atoms with E-state index in [0.717, 1.165) is 50.0 Å². The second-order valence-electron chi connectivity index (χ2n) is 12.6. The molecule has 3 saturated carbocycles. The van der Waals surface area contributed by atoms with Crippen molar-refractivity contribution in [3.63, 3.8) is 0 Å². The number of aliphatic hydroxyl groups excluding tert-OH is 1. The third-order valence-electron chi connectivity index (χ3n) is 11.0. The van der Waals surface area contributed by atoms with Crippen molar-refractivity contribution in [3.8, 4) is 0 Å². The molecule has 0 aliphatic heterocycles. The van der Waals surface area contributed by atoms with Gasteiger partial charge in [-0.1, -0.05) is 38.8 Å². The lowest BCUT2D eigenvalue weighted by molar-refractivity contribution is -0.181. The maximum atomic E-state index is 13.4. The highest BCUT2D eigenvalue weighted by molar-refractivity contribution is 6.02. The molecule has 7 heteroatoms. The predicted molar refractivity (Wildman–Crippen MR) is 145 cm³/mol. The Morgan fingerprint density at radius 2 is 1.84 bits per heavy atom. The van der Waals surface area contributed by atoms with Crippen LogP contribution in [0, 0.1) is 28.6 Å². The average Bonchev–Trinajstić information content (AvgIpc) is 3.14. The van der Waals surface area contributed by atoms with Crippen LogP contribution in [0.1, 0.15) is 86.0 Å². The van der Waals surface area contributed by atoms with E-state index in [9.17, 15) is 24.6 Å². The fraction of sp³-hybridized carbons (Fsp3) is 0.774. The van der Waals surface area contributed by atoms with Gasteiger partial charge in [-0.2, -0.15) is 0 Å². The molecule has 0 aromatic heterocycles. The number of rotatable bonds is 10. The van der Waals surface area contributed by atoms with Crippen LogP contribution in [0.2, 0.25) is 0 Å². The van der Waals surface area contributed by atoms with Gasteiger partial charge in [0.05, 0.1) is 6.10 Å². The summed E-state index contributed by atoms with van der Waals surface area (Å²) in [6, 6.07) is 0. The molecule has 7 atom stereocenters. The van der Waals surface area contributed by atoms with Crippen molar-refractivity contribution in [2.75, 3.05) is 26.2 Å². The molecule has 0 aromatic carbocycles. The number of allylic oxidation sites excluding steroid dienone is 4. The monoisotopic (exact) mass is 529 g/mol. The summed E-state index contributed by atoms with van der Waals surface area (Å²) in [5.41, 5.74) is -0.716. The summed E-state index contributed by atoms with van der Waals surface area (Å²) in [7, 11) is 0. The summed E-state index contributed by atoms with van der Waals surface area (Å²) < 4.78 is 5.34. The summed E-state index contributed by atoms with van der Waals surface area (Å²) >= 11 is 0. The standard InChI is InChI=1S/C31H47NO6/c1-6-32(7-2)15-9-8-10-27(36)38-19-26(35)31(37)14-13-24-23-12-11-21-17-22(33)16-20(3)30(21,5)28(23)25(34)18-29(24,31)4/h16-17,23-25,28,34,37H,6-15,18-19H2,1-5H3/t23-,24-,25?,28+,29-,30-,31-/m0/s1. The van der Waals surface area contributed by atoms with Gasteiger partial charge < -0.3 is 19.8 Å². The Labute approximate surface area is 227 Å². The SMILES string of the molecule is CCN(CC)CCCCC(=O)OCC(=O)[C@@]1(O)CC[C@H]2[C@@H]3CCC4=CC(=O)C=C(C)[C@]4(C)[C@H]3C(O)C[C@@]21C. The van der Waals surface area contributed by atoms with Gasteiger partial charge >= 0.3 is 5.97 Å². The van der Waals surface area contributed by atoms with Crippen LogP contribution >= 0.6 is 0 Å². The highest BCUT2D eigenvalue weighted by Gasteiger charge is 2.68. The van der Waals surface area contributed by atoms with Crippen molar-refractivity contribution >= 4 is 17.5 Å². The average molecular weight is 530 g/mol. The Bertz CT molecular complexity index is 1010. The number of hydrogen-bond acceptors (Lipinski definition) is 7. The van der Waals surface area contributed by atoms with Crippen LogP contribution in [0.15, 0.2) is 23.3 Å². The zero-order valence-corrected chi connectivity index (χ0v) is 23.9. The molecule has 0 heterocycles. The largest absolute Gasteiger partial charge is 0.458 e. The summed E-state index contributed by atoms with van der Waals surface area (Å²) in [5, 5.41) is 23.4. The zero-order chi connectivity index (χ0) is 27.9. The molecule has 3 fully saturated rings. The van der Waals surface area contributed by atoms with Gasteiger partial charge in [0.1, 0.15) is 5.60 Å².